The average molecular weight is 401 g/mol. The second-order valence-electron chi connectivity index (χ2n) is 5.80. The third-order valence-corrected chi connectivity index (χ3v) is 3.80. The maximum atomic E-state index is 12.7. The molecule has 0 spiro atoms. The topological polar surface area (TPSA) is 73.9 Å². The van der Waals surface area contributed by atoms with Crippen LogP contribution in [0, 0.1) is 0 Å². The van der Waals surface area contributed by atoms with Gasteiger partial charge < -0.3 is 19.5 Å². The number of allylic oxidation sites excluding steroid dienone is 1. The van der Waals surface area contributed by atoms with E-state index in [4.69, 9.17) is 9.47 Å². The normalized spacial score (nSPS) is 14.9. The van der Waals surface area contributed by atoms with Gasteiger partial charge in [-0.05, 0) is 42.8 Å². The van der Waals surface area contributed by atoms with E-state index in [0.717, 1.165) is 0 Å². The third kappa shape index (κ3) is 4.98. The van der Waals surface area contributed by atoms with Gasteiger partial charge in [0, 0.05) is 5.69 Å². The van der Waals surface area contributed by atoms with Crippen LogP contribution in [0.25, 0.3) is 6.08 Å². The maximum absolute atomic E-state index is 12.7. The summed E-state index contributed by atoms with van der Waals surface area (Å²) < 4.78 is 39.3. The molecule has 0 saturated heterocycles. The van der Waals surface area contributed by atoms with Crippen LogP contribution in [0.4, 0.5) is 14.5 Å². The molecule has 3 rings (SSSR count). The Morgan fingerprint density at radius 1 is 1.14 bits per heavy atom. The molecule has 0 amide bonds. The van der Waals surface area contributed by atoms with E-state index in [-0.39, 0.29) is 29.6 Å². The number of para-hydroxylation sites is 1. The monoisotopic (exact) mass is 401 g/mol. The van der Waals surface area contributed by atoms with Crippen LogP contribution in [0.2, 0.25) is 0 Å². The molecule has 29 heavy (non-hydrogen) atoms. The van der Waals surface area contributed by atoms with Crippen LogP contribution in [0.5, 0.6) is 5.75 Å². The predicted molar refractivity (Wildman–Crippen MR) is 101 cm³/mol. The number of nitrogens with one attached hydrogen (secondary N) is 1. The van der Waals surface area contributed by atoms with Crippen molar-refractivity contribution in [3.05, 3.63) is 77.4 Å². The van der Waals surface area contributed by atoms with E-state index in [1.54, 1.807) is 31.2 Å². The third-order valence-electron chi connectivity index (χ3n) is 3.80. The fourth-order valence-electron chi connectivity index (χ4n) is 2.55. The minimum absolute atomic E-state index is 0.0161. The number of ether oxygens (including phenoxy) is 3. The smallest absolute Gasteiger partial charge is 0.387 e. The molecule has 150 valence electrons. The lowest BCUT2D eigenvalue weighted by atomic mass is 10.1. The van der Waals surface area contributed by atoms with Gasteiger partial charge in [-0.1, -0.05) is 30.3 Å². The molecule has 1 aliphatic rings. The van der Waals surface area contributed by atoms with Crippen LogP contribution in [0.1, 0.15) is 12.5 Å². The minimum atomic E-state index is -2.93. The minimum Gasteiger partial charge on any atom is -0.462 e. The Morgan fingerprint density at radius 2 is 1.83 bits per heavy atom. The molecular formula is C21H17F2NO5. The van der Waals surface area contributed by atoms with E-state index in [1.807, 2.05) is 6.07 Å². The summed E-state index contributed by atoms with van der Waals surface area (Å²) in [5.74, 6) is -1.61. The number of carbonyl (C=O) groups is 2. The van der Waals surface area contributed by atoms with Gasteiger partial charge >= 0.3 is 12.6 Å². The van der Waals surface area contributed by atoms with Crippen molar-refractivity contribution in [2.75, 3.05) is 11.9 Å². The molecule has 1 heterocycles. The Balaban J connectivity index is 1.86. The number of halogens is 2. The van der Waals surface area contributed by atoms with E-state index in [9.17, 15) is 18.4 Å². The van der Waals surface area contributed by atoms with Crippen LogP contribution in [-0.4, -0.2) is 25.0 Å². The van der Waals surface area contributed by atoms with E-state index < -0.39 is 18.4 Å². The number of esters is 1. The van der Waals surface area contributed by atoms with Gasteiger partial charge in [-0.15, -0.1) is 0 Å². The number of hydrogen-bond donors (Lipinski definition) is 1. The van der Waals surface area contributed by atoms with Crippen LogP contribution in [-0.2, 0) is 19.1 Å². The summed E-state index contributed by atoms with van der Waals surface area (Å²) in [5.41, 5.74) is 0.866. The molecule has 0 radical (unpaired) electrons. The summed E-state index contributed by atoms with van der Waals surface area (Å²) in [5, 5.41) is 2.90. The van der Waals surface area contributed by atoms with E-state index in [0.29, 0.717) is 11.3 Å². The molecule has 6 nitrogen and oxygen atoms in total. The zero-order valence-corrected chi connectivity index (χ0v) is 15.4. The van der Waals surface area contributed by atoms with Crippen LogP contribution in [0.3, 0.4) is 0 Å². The van der Waals surface area contributed by atoms with Crippen molar-refractivity contribution < 1.29 is 32.6 Å². The van der Waals surface area contributed by atoms with Gasteiger partial charge in [0.25, 0.3) is 0 Å². The number of benzene rings is 2. The second-order valence-corrected chi connectivity index (χ2v) is 5.80. The van der Waals surface area contributed by atoms with Crippen molar-refractivity contribution in [1.29, 1.82) is 0 Å². The lowest BCUT2D eigenvalue weighted by Crippen LogP contribution is -2.16. The van der Waals surface area contributed by atoms with Crippen molar-refractivity contribution in [1.82, 2.24) is 0 Å². The predicted octanol–water partition coefficient (Wildman–Crippen LogP) is 4.12. The Bertz CT molecular complexity index is 953. The van der Waals surface area contributed by atoms with Gasteiger partial charge in [0.1, 0.15) is 5.75 Å². The fraction of sp³-hybridized carbons (Fsp3) is 0.143. The maximum Gasteiger partial charge on any atom is 0.387 e. The first-order chi connectivity index (χ1) is 14.0. The van der Waals surface area contributed by atoms with Crippen molar-refractivity contribution in [2.45, 2.75) is 13.5 Å². The highest BCUT2D eigenvalue weighted by Crippen LogP contribution is 2.29. The fourth-order valence-corrected chi connectivity index (χ4v) is 2.55. The Labute approximate surface area is 165 Å². The summed E-state index contributed by atoms with van der Waals surface area (Å²) in [7, 11) is 0. The molecule has 0 saturated carbocycles. The molecule has 1 N–H and O–H groups in total. The van der Waals surface area contributed by atoms with Gasteiger partial charge in [-0.3, -0.25) is 4.79 Å². The van der Waals surface area contributed by atoms with Gasteiger partial charge in [-0.25, -0.2) is 4.79 Å². The summed E-state index contributed by atoms with van der Waals surface area (Å²) >= 11 is 0. The van der Waals surface area contributed by atoms with E-state index in [1.165, 1.54) is 30.3 Å². The zero-order valence-electron chi connectivity index (χ0n) is 15.4. The standard InChI is InChI=1S/C21H17F2NO5/c1-2-27-20(26)17-18(25)16(29-19(17)24-14-6-4-3-5-7-14)12-13-8-10-15(11-9-13)28-21(22)23/h3-12,21,24H,2H2,1H3. The molecular weight excluding hydrogens is 384 g/mol. The molecule has 0 aliphatic carbocycles. The van der Waals surface area contributed by atoms with Crippen LogP contribution in [0.15, 0.2) is 71.8 Å². The van der Waals surface area contributed by atoms with Gasteiger partial charge in [0.15, 0.2) is 11.3 Å². The molecule has 0 atom stereocenters. The lowest BCUT2D eigenvalue weighted by molar-refractivity contribution is -0.139. The Morgan fingerprint density at radius 3 is 2.45 bits per heavy atom. The van der Waals surface area contributed by atoms with Crippen LogP contribution < -0.4 is 10.1 Å². The van der Waals surface area contributed by atoms with Crippen molar-refractivity contribution in [2.24, 2.45) is 0 Å². The zero-order chi connectivity index (χ0) is 20.8. The molecule has 8 heteroatoms. The Kier molecular flexibility index (Phi) is 6.23. The van der Waals surface area contributed by atoms with Gasteiger partial charge in [-0.2, -0.15) is 8.78 Å². The molecule has 0 aromatic heterocycles. The largest absolute Gasteiger partial charge is 0.462 e. The first-order valence-corrected chi connectivity index (χ1v) is 8.70. The van der Waals surface area contributed by atoms with Crippen LogP contribution >= 0.6 is 0 Å². The van der Waals surface area contributed by atoms with E-state index in [2.05, 4.69) is 10.1 Å². The average Bonchev–Trinajstić information content (AvgIpc) is 2.99. The SMILES string of the molecule is CCOC(=O)C1=C(Nc2ccccc2)OC(=Cc2ccc(OC(F)F)cc2)C1=O. The van der Waals surface area contributed by atoms with Crippen molar-refractivity contribution >= 4 is 23.5 Å². The first-order valence-electron chi connectivity index (χ1n) is 8.70. The Hall–Kier alpha value is -3.68. The van der Waals surface area contributed by atoms with Crippen molar-refractivity contribution in [3.8, 4) is 5.75 Å². The number of rotatable bonds is 7. The summed E-state index contributed by atoms with van der Waals surface area (Å²) in [4.78, 5) is 25.0. The van der Waals surface area contributed by atoms with Crippen molar-refractivity contribution in [3.63, 3.8) is 0 Å². The highest BCUT2D eigenvalue weighted by atomic mass is 19.3. The summed E-state index contributed by atoms with van der Waals surface area (Å²) in [6, 6.07) is 14.5. The lowest BCUT2D eigenvalue weighted by Gasteiger charge is -2.08. The van der Waals surface area contributed by atoms with Gasteiger partial charge in [0.05, 0.1) is 6.61 Å². The summed E-state index contributed by atoms with van der Waals surface area (Å²) in [6.45, 7) is -1.20. The number of carbonyl (C=O) groups excluding carboxylic acids is 2. The summed E-state index contributed by atoms with van der Waals surface area (Å²) in [6.07, 6.45) is 1.40. The molecule has 1 aliphatic heterocycles. The number of ketones is 1. The number of hydrogen-bond acceptors (Lipinski definition) is 6. The molecule has 0 bridgehead atoms. The first kappa shape index (κ1) is 20.1. The highest BCUT2D eigenvalue weighted by Gasteiger charge is 2.36. The molecule has 0 fully saturated rings. The molecule has 2 aromatic rings. The highest BCUT2D eigenvalue weighted by molar-refractivity contribution is 6.26. The van der Waals surface area contributed by atoms with Gasteiger partial charge in [0.2, 0.25) is 11.7 Å². The number of Topliss-reactive ketones (excluding diaryl/α,β-unsaturated/α-hetero) is 1. The number of anilines is 1. The number of alkyl halides is 2. The second kappa shape index (κ2) is 9.01. The molecule has 2 aromatic carbocycles. The quantitative estimate of drug-likeness (QED) is 0.428. The molecule has 0 unspecified atom stereocenters. The van der Waals surface area contributed by atoms with E-state index >= 15 is 0 Å².